The van der Waals surface area contributed by atoms with Crippen molar-refractivity contribution in [2.24, 2.45) is 0 Å². The van der Waals surface area contributed by atoms with Crippen LogP contribution in [0.3, 0.4) is 0 Å². The molecule has 1 unspecified atom stereocenters. The van der Waals surface area contributed by atoms with E-state index >= 15 is 0 Å². The fraction of sp³-hybridized carbons (Fsp3) is 0.278. The van der Waals surface area contributed by atoms with Gasteiger partial charge in [0.05, 0.1) is 16.9 Å². The zero-order valence-electron chi connectivity index (χ0n) is 15.2. The van der Waals surface area contributed by atoms with Crippen LogP contribution in [-0.4, -0.2) is 31.5 Å². The first-order chi connectivity index (χ1) is 12.6. The third-order valence-electron chi connectivity index (χ3n) is 4.04. The van der Waals surface area contributed by atoms with Gasteiger partial charge in [-0.25, -0.2) is 8.42 Å². The molecular weight excluding hydrogens is 370 g/mol. The standard InChI is InChI=1S/C18H21N3O5S/c1-4-14-8-5-6-11-17(14)19-18(22)13(2)20(27(3,25)26)15-9-7-10-16(12-15)21(23)24/h5-13H,4H2,1-3H3,(H,19,22). The molecule has 2 aromatic carbocycles. The van der Waals surface area contributed by atoms with E-state index in [4.69, 9.17) is 0 Å². The van der Waals surface area contributed by atoms with Crippen molar-refractivity contribution in [1.82, 2.24) is 0 Å². The van der Waals surface area contributed by atoms with E-state index < -0.39 is 26.9 Å². The first kappa shape index (κ1) is 20.4. The van der Waals surface area contributed by atoms with Gasteiger partial charge in [0, 0.05) is 17.8 Å². The highest BCUT2D eigenvalue weighted by atomic mass is 32.2. The lowest BCUT2D eigenvalue weighted by molar-refractivity contribution is -0.384. The largest absolute Gasteiger partial charge is 0.324 e. The van der Waals surface area contributed by atoms with Crippen LogP contribution in [0, 0.1) is 10.1 Å². The second-order valence-corrected chi connectivity index (χ2v) is 7.87. The van der Waals surface area contributed by atoms with Crippen molar-refractivity contribution in [3.63, 3.8) is 0 Å². The minimum atomic E-state index is -3.86. The van der Waals surface area contributed by atoms with Crippen LogP contribution in [0.25, 0.3) is 0 Å². The van der Waals surface area contributed by atoms with E-state index in [1.165, 1.54) is 25.1 Å². The molecule has 27 heavy (non-hydrogen) atoms. The second-order valence-electron chi connectivity index (χ2n) is 6.01. The number of amides is 1. The van der Waals surface area contributed by atoms with Gasteiger partial charge in [0.2, 0.25) is 15.9 Å². The first-order valence-corrected chi connectivity index (χ1v) is 10.1. The van der Waals surface area contributed by atoms with E-state index in [-0.39, 0.29) is 11.4 Å². The maximum absolute atomic E-state index is 12.7. The molecule has 1 atom stereocenters. The van der Waals surface area contributed by atoms with Gasteiger partial charge in [-0.3, -0.25) is 19.2 Å². The Kier molecular flexibility index (Phi) is 6.17. The van der Waals surface area contributed by atoms with Crippen molar-refractivity contribution < 1.29 is 18.1 Å². The summed E-state index contributed by atoms with van der Waals surface area (Å²) in [5.41, 5.74) is 1.31. The summed E-state index contributed by atoms with van der Waals surface area (Å²) in [5, 5.41) is 13.7. The molecule has 0 aliphatic carbocycles. The zero-order chi connectivity index (χ0) is 20.2. The van der Waals surface area contributed by atoms with Crippen LogP contribution < -0.4 is 9.62 Å². The van der Waals surface area contributed by atoms with Crippen LogP contribution in [0.2, 0.25) is 0 Å². The third-order valence-corrected chi connectivity index (χ3v) is 5.28. The van der Waals surface area contributed by atoms with Crippen molar-refractivity contribution in [3.05, 3.63) is 64.2 Å². The van der Waals surface area contributed by atoms with Crippen LogP contribution in [0.1, 0.15) is 19.4 Å². The van der Waals surface area contributed by atoms with Crippen LogP contribution in [0.15, 0.2) is 48.5 Å². The van der Waals surface area contributed by atoms with Crippen molar-refractivity contribution in [1.29, 1.82) is 0 Å². The minimum Gasteiger partial charge on any atom is -0.324 e. The molecule has 1 N–H and O–H groups in total. The average Bonchev–Trinajstić information content (AvgIpc) is 2.61. The maximum Gasteiger partial charge on any atom is 0.271 e. The minimum absolute atomic E-state index is 0.0538. The Balaban J connectivity index is 2.38. The van der Waals surface area contributed by atoms with E-state index in [1.54, 1.807) is 12.1 Å². The predicted molar refractivity (Wildman–Crippen MR) is 104 cm³/mol. The quantitative estimate of drug-likeness (QED) is 0.576. The fourth-order valence-electron chi connectivity index (χ4n) is 2.74. The lowest BCUT2D eigenvalue weighted by Gasteiger charge is -2.28. The molecular formula is C18H21N3O5S. The Bertz CT molecular complexity index is 959. The summed E-state index contributed by atoms with van der Waals surface area (Å²) in [7, 11) is -3.86. The molecule has 1 amide bonds. The summed E-state index contributed by atoms with van der Waals surface area (Å²) in [6.45, 7) is 3.38. The summed E-state index contributed by atoms with van der Waals surface area (Å²) in [4.78, 5) is 23.1. The molecule has 0 saturated carbocycles. The molecule has 0 aliphatic heterocycles. The number of nitro groups is 1. The number of carbonyl (C=O) groups excluding carboxylic acids is 1. The molecule has 9 heteroatoms. The molecule has 2 rings (SSSR count). The lowest BCUT2D eigenvalue weighted by Crippen LogP contribution is -2.45. The Hall–Kier alpha value is -2.94. The zero-order valence-corrected chi connectivity index (χ0v) is 16.1. The smallest absolute Gasteiger partial charge is 0.271 e. The number of hydrogen-bond donors (Lipinski definition) is 1. The van der Waals surface area contributed by atoms with Crippen LogP contribution in [0.4, 0.5) is 17.1 Å². The number of nitrogens with zero attached hydrogens (tertiary/aromatic N) is 2. The SMILES string of the molecule is CCc1ccccc1NC(=O)C(C)N(c1cccc([N+](=O)[O-])c1)S(C)(=O)=O. The molecule has 0 fully saturated rings. The van der Waals surface area contributed by atoms with E-state index in [1.807, 2.05) is 19.1 Å². The highest BCUT2D eigenvalue weighted by Crippen LogP contribution is 2.26. The van der Waals surface area contributed by atoms with Gasteiger partial charge in [-0.05, 0) is 31.0 Å². The van der Waals surface area contributed by atoms with Gasteiger partial charge in [0.15, 0.2) is 0 Å². The highest BCUT2D eigenvalue weighted by molar-refractivity contribution is 7.92. The maximum atomic E-state index is 12.7. The van der Waals surface area contributed by atoms with Crippen LogP contribution in [-0.2, 0) is 21.2 Å². The molecule has 0 bridgehead atoms. The summed E-state index contributed by atoms with van der Waals surface area (Å²) >= 11 is 0. The summed E-state index contributed by atoms with van der Waals surface area (Å²) in [6.07, 6.45) is 1.65. The van der Waals surface area contributed by atoms with Crippen LogP contribution >= 0.6 is 0 Å². The second kappa shape index (κ2) is 8.17. The molecule has 0 spiro atoms. The van der Waals surface area contributed by atoms with E-state index in [0.717, 1.165) is 22.2 Å². The lowest BCUT2D eigenvalue weighted by atomic mass is 10.1. The molecule has 0 saturated heterocycles. The van der Waals surface area contributed by atoms with E-state index in [9.17, 15) is 23.3 Å². The van der Waals surface area contributed by atoms with Gasteiger partial charge < -0.3 is 5.32 Å². The van der Waals surface area contributed by atoms with Crippen LogP contribution in [0.5, 0.6) is 0 Å². The summed E-state index contributed by atoms with van der Waals surface area (Å²) < 4.78 is 25.5. The Morgan fingerprint density at radius 3 is 2.48 bits per heavy atom. The number of nitro benzene ring substituents is 1. The summed E-state index contributed by atoms with van der Waals surface area (Å²) in [5.74, 6) is -0.534. The predicted octanol–water partition coefficient (Wildman–Crippen LogP) is 2.95. The van der Waals surface area contributed by atoms with Gasteiger partial charge >= 0.3 is 0 Å². The fourth-order valence-corrected chi connectivity index (χ4v) is 3.91. The topological polar surface area (TPSA) is 110 Å². The highest BCUT2D eigenvalue weighted by Gasteiger charge is 2.30. The molecule has 0 radical (unpaired) electrons. The number of para-hydroxylation sites is 1. The Morgan fingerprint density at radius 1 is 1.22 bits per heavy atom. The van der Waals surface area contributed by atoms with E-state index in [2.05, 4.69) is 5.32 Å². The Labute approximate surface area is 158 Å². The summed E-state index contributed by atoms with van der Waals surface area (Å²) in [6, 6.07) is 11.3. The van der Waals surface area contributed by atoms with Crippen molar-refractivity contribution in [2.75, 3.05) is 15.9 Å². The molecule has 0 aromatic heterocycles. The van der Waals surface area contributed by atoms with Gasteiger partial charge in [-0.1, -0.05) is 31.2 Å². The van der Waals surface area contributed by atoms with E-state index in [0.29, 0.717) is 12.1 Å². The molecule has 0 aliphatic rings. The molecule has 2 aromatic rings. The third kappa shape index (κ3) is 4.82. The number of rotatable bonds is 7. The van der Waals surface area contributed by atoms with Gasteiger partial charge in [0.1, 0.15) is 6.04 Å². The molecule has 8 nitrogen and oxygen atoms in total. The Morgan fingerprint density at radius 2 is 1.89 bits per heavy atom. The number of aryl methyl sites for hydroxylation is 1. The first-order valence-electron chi connectivity index (χ1n) is 8.27. The number of anilines is 2. The monoisotopic (exact) mass is 391 g/mol. The van der Waals surface area contributed by atoms with Crippen molar-refractivity contribution >= 4 is 33.0 Å². The number of benzene rings is 2. The normalized spacial score (nSPS) is 12.3. The van der Waals surface area contributed by atoms with Gasteiger partial charge in [-0.2, -0.15) is 0 Å². The van der Waals surface area contributed by atoms with Crippen molar-refractivity contribution in [2.45, 2.75) is 26.3 Å². The average molecular weight is 391 g/mol. The molecule has 144 valence electrons. The van der Waals surface area contributed by atoms with Gasteiger partial charge in [-0.15, -0.1) is 0 Å². The number of nitrogens with one attached hydrogen (secondary N) is 1. The number of carbonyl (C=O) groups is 1. The van der Waals surface area contributed by atoms with Crippen molar-refractivity contribution in [3.8, 4) is 0 Å². The number of non-ortho nitro benzene ring substituents is 1. The number of hydrogen-bond acceptors (Lipinski definition) is 5. The molecule has 0 heterocycles. The number of sulfonamides is 1. The van der Waals surface area contributed by atoms with Gasteiger partial charge in [0.25, 0.3) is 5.69 Å².